The minimum Gasteiger partial charge on any atom is -0.371 e. The molecule has 2 aliphatic rings. The molecule has 25 heavy (non-hydrogen) atoms. The monoisotopic (exact) mass is 350 g/mol. The molecular formula is C20H18N2O2S. The van der Waals surface area contributed by atoms with E-state index < -0.39 is 0 Å². The van der Waals surface area contributed by atoms with Gasteiger partial charge in [0.15, 0.2) is 0 Å². The maximum atomic E-state index is 12.7. The first-order chi connectivity index (χ1) is 12.3. The summed E-state index contributed by atoms with van der Waals surface area (Å²) in [4.78, 5) is 17.7. The zero-order chi connectivity index (χ0) is 16.8. The van der Waals surface area contributed by atoms with Crippen LogP contribution in [0.25, 0.3) is 10.8 Å². The second kappa shape index (κ2) is 5.93. The average Bonchev–Trinajstić information content (AvgIpc) is 3.38. The Morgan fingerprint density at radius 2 is 2.08 bits per heavy atom. The highest BCUT2D eigenvalue weighted by molar-refractivity contribution is 7.13. The summed E-state index contributed by atoms with van der Waals surface area (Å²) in [5, 5.41) is 6.42. The summed E-state index contributed by atoms with van der Waals surface area (Å²) in [5.74, 6) is -0.0968. The summed E-state index contributed by atoms with van der Waals surface area (Å²) < 4.78 is 5.66. The van der Waals surface area contributed by atoms with Crippen LogP contribution < -0.4 is 5.32 Å². The van der Waals surface area contributed by atoms with Gasteiger partial charge < -0.3 is 10.1 Å². The Labute approximate surface area is 149 Å². The Morgan fingerprint density at radius 1 is 1.20 bits per heavy atom. The van der Waals surface area contributed by atoms with Crippen LogP contribution in [0, 0.1) is 0 Å². The lowest BCUT2D eigenvalue weighted by molar-refractivity contribution is 0.103. The van der Waals surface area contributed by atoms with Crippen LogP contribution in [0.5, 0.6) is 0 Å². The van der Waals surface area contributed by atoms with E-state index in [2.05, 4.69) is 34.6 Å². The van der Waals surface area contributed by atoms with Crippen molar-refractivity contribution in [1.82, 2.24) is 4.98 Å². The van der Waals surface area contributed by atoms with Crippen molar-refractivity contribution in [3.05, 3.63) is 57.5 Å². The third-order valence-corrected chi connectivity index (χ3v) is 6.17. The number of amides is 1. The molecule has 0 spiro atoms. The van der Waals surface area contributed by atoms with E-state index >= 15 is 0 Å². The van der Waals surface area contributed by atoms with Gasteiger partial charge in [0.2, 0.25) is 0 Å². The van der Waals surface area contributed by atoms with Gasteiger partial charge in [-0.3, -0.25) is 4.79 Å². The van der Waals surface area contributed by atoms with Crippen molar-refractivity contribution in [3.63, 3.8) is 0 Å². The number of rotatable bonds is 3. The molecule has 4 nitrogen and oxygen atoms in total. The number of ether oxygens (including phenoxy) is 1. The molecule has 0 saturated carbocycles. The highest BCUT2D eigenvalue weighted by atomic mass is 32.1. The minimum absolute atomic E-state index is 0.0586. The normalized spacial score (nSPS) is 18.8. The van der Waals surface area contributed by atoms with Crippen LogP contribution in [-0.4, -0.2) is 17.5 Å². The van der Waals surface area contributed by atoms with Crippen LogP contribution in [0.15, 0.2) is 36.5 Å². The second-order valence-corrected chi connectivity index (χ2v) is 7.69. The molecule has 1 atom stereocenters. The predicted molar refractivity (Wildman–Crippen MR) is 99.4 cm³/mol. The molecule has 0 radical (unpaired) electrons. The SMILES string of the molecule is O=C(Nc1ccc2c3c(cccc13)CC2)c1cnc(C2CCCO2)s1. The van der Waals surface area contributed by atoms with Crippen LogP contribution >= 0.6 is 11.3 Å². The molecule has 5 heteroatoms. The minimum atomic E-state index is -0.0968. The number of aryl methyl sites for hydroxylation is 2. The summed E-state index contributed by atoms with van der Waals surface area (Å²) in [6.45, 7) is 0.784. The number of aromatic nitrogens is 1. The van der Waals surface area contributed by atoms with Gasteiger partial charge in [-0.1, -0.05) is 24.3 Å². The summed E-state index contributed by atoms with van der Waals surface area (Å²) in [6, 6.07) is 10.5. The number of hydrogen-bond donors (Lipinski definition) is 1. The van der Waals surface area contributed by atoms with E-state index in [1.54, 1.807) is 6.20 Å². The van der Waals surface area contributed by atoms with Gasteiger partial charge in [0.05, 0.1) is 6.20 Å². The Bertz CT molecular complexity index is 963. The molecule has 126 valence electrons. The first kappa shape index (κ1) is 15.0. The van der Waals surface area contributed by atoms with E-state index in [4.69, 9.17) is 4.74 Å². The van der Waals surface area contributed by atoms with Crippen molar-refractivity contribution in [1.29, 1.82) is 0 Å². The highest BCUT2D eigenvalue weighted by Gasteiger charge is 2.23. The average molecular weight is 350 g/mol. The lowest BCUT2D eigenvalue weighted by Crippen LogP contribution is -2.10. The Morgan fingerprint density at radius 3 is 2.92 bits per heavy atom. The van der Waals surface area contributed by atoms with Crippen molar-refractivity contribution >= 4 is 33.7 Å². The molecule has 1 unspecified atom stereocenters. The Balaban J connectivity index is 1.44. The maximum absolute atomic E-state index is 12.7. The van der Waals surface area contributed by atoms with Crippen molar-refractivity contribution < 1.29 is 9.53 Å². The summed E-state index contributed by atoms with van der Waals surface area (Å²) in [6.07, 6.45) is 5.95. The molecule has 3 aromatic rings. The van der Waals surface area contributed by atoms with Crippen LogP contribution in [0.1, 0.15) is 44.8 Å². The highest BCUT2D eigenvalue weighted by Crippen LogP contribution is 2.36. The standard InChI is InChI=1S/C20H18N2O2S/c23-19(17-11-21-20(25-17)16-5-2-10-24-16)22-15-9-8-13-7-6-12-3-1-4-14(15)18(12)13/h1,3-4,8-9,11,16H,2,5-7,10H2,(H,22,23). The van der Waals surface area contributed by atoms with Crippen molar-refractivity contribution in [2.24, 2.45) is 0 Å². The van der Waals surface area contributed by atoms with Crippen LogP contribution in [-0.2, 0) is 17.6 Å². The summed E-state index contributed by atoms with van der Waals surface area (Å²) in [5.41, 5.74) is 3.63. The number of nitrogens with zero attached hydrogens (tertiary/aromatic N) is 1. The van der Waals surface area contributed by atoms with Crippen molar-refractivity contribution in [2.45, 2.75) is 31.8 Å². The fourth-order valence-corrected chi connectivity index (χ4v) is 4.75. The lowest BCUT2D eigenvalue weighted by Gasteiger charge is -2.10. The van der Waals surface area contributed by atoms with Crippen molar-refractivity contribution in [3.8, 4) is 0 Å². The molecule has 1 N–H and O–H groups in total. The largest absolute Gasteiger partial charge is 0.371 e. The van der Waals surface area contributed by atoms with Gasteiger partial charge in [-0.25, -0.2) is 4.98 Å². The summed E-state index contributed by atoms with van der Waals surface area (Å²) >= 11 is 1.43. The zero-order valence-corrected chi connectivity index (χ0v) is 14.6. The first-order valence-electron chi connectivity index (χ1n) is 8.72. The number of thiazole rings is 1. The van der Waals surface area contributed by atoms with Crippen molar-refractivity contribution in [2.75, 3.05) is 11.9 Å². The number of nitrogens with one attached hydrogen (secondary N) is 1. The van der Waals surface area contributed by atoms with E-state index in [1.165, 1.54) is 27.8 Å². The molecule has 1 amide bonds. The number of hydrogen-bond acceptors (Lipinski definition) is 4. The fourth-order valence-electron chi connectivity index (χ4n) is 3.85. The van der Waals surface area contributed by atoms with Gasteiger partial charge in [-0.2, -0.15) is 0 Å². The fraction of sp³-hybridized carbons (Fsp3) is 0.300. The molecule has 5 rings (SSSR count). The third-order valence-electron chi connectivity index (χ3n) is 5.08. The molecule has 2 heterocycles. The molecule has 1 fully saturated rings. The molecule has 1 aliphatic heterocycles. The van der Waals surface area contributed by atoms with Crippen LogP contribution in [0.3, 0.4) is 0 Å². The first-order valence-corrected chi connectivity index (χ1v) is 9.53. The maximum Gasteiger partial charge on any atom is 0.267 e. The van der Waals surface area contributed by atoms with E-state index in [9.17, 15) is 4.79 Å². The van der Waals surface area contributed by atoms with Gasteiger partial charge in [-0.05, 0) is 48.3 Å². The molecule has 1 aromatic heterocycles. The molecular weight excluding hydrogens is 332 g/mol. The molecule has 2 aromatic carbocycles. The van der Waals surface area contributed by atoms with Gasteiger partial charge in [0.1, 0.15) is 16.0 Å². The Kier molecular flexibility index (Phi) is 3.57. The van der Waals surface area contributed by atoms with E-state index in [0.717, 1.165) is 48.4 Å². The molecule has 1 saturated heterocycles. The summed E-state index contributed by atoms with van der Waals surface area (Å²) in [7, 11) is 0. The Hall–Kier alpha value is -2.24. The molecule has 1 aliphatic carbocycles. The van der Waals surface area contributed by atoms with E-state index in [1.807, 2.05) is 6.07 Å². The smallest absolute Gasteiger partial charge is 0.267 e. The number of benzene rings is 2. The van der Waals surface area contributed by atoms with Gasteiger partial charge in [-0.15, -0.1) is 11.3 Å². The second-order valence-electron chi connectivity index (χ2n) is 6.63. The van der Waals surface area contributed by atoms with E-state index in [-0.39, 0.29) is 12.0 Å². The number of carbonyl (C=O) groups excluding carboxylic acids is 1. The quantitative estimate of drug-likeness (QED) is 0.757. The zero-order valence-electron chi connectivity index (χ0n) is 13.7. The van der Waals surface area contributed by atoms with Crippen LogP contribution in [0.2, 0.25) is 0 Å². The van der Waals surface area contributed by atoms with Gasteiger partial charge >= 0.3 is 0 Å². The third kappa shape index (κ3) is 2.55. The topological polar surface area (TPSA) is 51.2 Å². The van der Waals surface area contributed by atoms with Crippen LogP contribution in [0.4, 0.5) is 5.69 Å². The molecule has 0 bridgehead atoms. The van der Waals surface area contributed by atoms with Gasteiger partial charge in [0.25, 0.3) is 5.91 Å². The number of carbonyl (C=O) groups is 1. The number of anilines is 1. The van der Waals surface area contributed by atoms with E-state index in [0.29, 0.717) is 4.88 Å². The van der Waals surface area contributed by atoms with Gasteiger partial charge in [0, 0.05) is 17.7 Å². The lowest BCUT2D eigenvalue weighted by atomic mass is 10.0. The predicted octanol–water partition coefficient (Wildman–Crippen LogP) is 4.50.